The van der Waals surface area contributed by atoms with Crippen molar-refractivity contribution in [1.82, 2.24) is 9.80 Å². The lowest BCUT2D eigenvalue weighted by molar-refractivity contribution is 0.126. The van der Waals surface area contributed by atoms with Crippen LogP contribution in [0.4, 0.5) is 4.79 Å². The molecule has 0 aromatic heterocycles. The molecule has 3 aliphatic rings. The number of nitrogens with zero attached hydrogens (tertiary/aromatic N) is 2. The van der Waals surface area contributed by atoms with E-state index in [1.54, 1.807) is 4.90 Å². The van der Waals surface area contributed by atoms with Crippen molar-refractivity contribution in [3.05, 3.63) is 0 Å². The van der Waals surface area contributed by atoms with E-state index in [0.29, 0.717) is 5.54 Å². The Morgan fingerprint density at radius 2 is 1.70 bits per heavy atom. The molecule has 0 aromatic rings. The minimum Gasteiger partial charge on any atom is -0.453 e. The number of amides is 1. The number of carbonyl (C=O) groups is 1. The Balaban J connectivity index is 0.000000151. The second-order valence-corrected chi connectivity index (χ2v) is 6.23. The maximum Gasteiger partial charge on any atom is 0.409 e. The van der Waals surface area contributed by atoms with Gasteiger partial charge in [0.05, 0.1) is 13.7 Å². The van der Waals surface area contributed by atoms with Crippen molar-refractivity contribution >= 4 is 15.6 Å². The van der Waals surface area contributed by atoms with Crippen LogP contribution in [0.25, 0.3) is 0 Å². The smallest absolute Gasteiger partial charge is 0.409 e. The fraction of sp³-hybridized carbons (Fsp3) is 0.929. The van der Waals surface area contributed by atoms with Gasteiger partial charge in [-0.1, -0.05) is 0 Å². The van der Waals surface area contributed by atoms with Crippen molar-refractivity contribution in [1.29, 1.82) is 0 Å². The minimum atomic E-state index is -0.187. The van der Waals surface area contributed by atoms with Crippen molar-refractivity contribution in [3.8, 4) is 0 Å². The maximum atomic E-state index is 10.7. The summed E-state index contributed by atoms with van der Waals surface area (Å²) in [6.07, 6.45) is 7.49. The molecule has 1 amide bonds. The Kier molecular flexibility index (Phi) is 6.06. The van der Waals surface area contributed by atoms with Gasteiger partial charge in [-0.3, -0.25) is 4.90 Å². The van der Waals surface area contributed by atoms with Crippen LogP contribution in [0.2, 0.25) is 0 Å². The van der Waals surface area contributed by atoms with Crippen LogP contribution in [0.1, 0.15) is 38.5 Å². The van der Waals surface area contributed by atoms with Gasteiger partial charge >= 0.3 is 6.09 Å². The van der Waals surface area contributed by atoms with E-state index >= 15 is 0 Å². The van der Waals surface area contributed by atoms with Gasteiger partial charge in [0.15, 0.2) is 0 Å². The molecule has 0 bridgehead atoms. The maximum absolute atomic E-state index is 10.7. The lowest BCUT2D eigenvalue weighted by Crippen LogP contribution is -2.41. The largest absolute Gasteiger partial charge is 0.453 e. The van der Waals surface area contributed by atoms with E-state index in [-0.39, 0.29) is 6.09 Å². The standard InChI is InChI=1S/C8H16NOP.C6H11NO2/c11-10-7-8-3-1-5-9(8)6-2-4-8;1-9-6(8)7-4-2-3-5-7/h1-7,11H2;2-5H2,1H3. The molecule has 20 heavy (non-hydrogen) atoms. The quantitative estimate of drug-likeness (QED) is 0.734. The molecule has 3 heterocycles. The highest BCUT2D eigenvalue weighted by Crippen LogP contribution is 2.39. The fourth-order valence-electron chi connectivity index (χ4n) is 3.64. The zero-order chi connectivity index (χ0) is 14.4. The van der Waals surface area contributed by atoms with Crippen molar-refractivity contribution in [2.75, 3.05) is 39.9 Å². The van der Waals surface area contributed by atoms with Crippen LogP contribution < -0.4 is 0 Å². The summed E-state index contributed by atoms with van der Waals surface area (Å²) in [6, 6.07) is 0. The van der Waals surface area contributed by atoms with Gasteiger partial charge in [-0.25, -0.2) is 4.79 Å². The number of methoxy groups -OCH3 is 1. The number of hydrogen-bond donors (Lipinski definition) is 0. The number of fused-ring (bicyclic) bond motifs is 1. The molecule has 6 heteroatoms. The normalized spacial score (nSPS) is 24.2. The number of hydrogen-bond acceptors (Lipinski definition) is 4. The Morgan fingerprint density at radius 1 is 1.10 bits per heavy atom. The minimum absolute atomic E-state index is 0.187. The SMILES string of the molecule is COC(=O)N1CCCC1.POCC12CCCN1CCC2. The Morgan fingerprint density at radius 3 is 2.20 bits per heavy atom. The third-order valence-electron chi connectivity index (χ3n) is 4.70. The molecule has 0 aromatic carbocycles. The summed E-state index contributed by atoms with van der Waals surface area (Å²) in [6.45, 7) is 5.25. The van der Waals surface area contributed by atoms with Gasteiger partial charge in [0.1, 0.15) is 0 Å². The first kappa shape index (κ1) is 16.0. The molecule has 5 nitrogen and oxygen atoms in total. The molecule has 0 saturated carbocycles. The number of rotatable bonds is 2. The Labute approximate surface area is 124 Å². The molecule has 3 rings (SSSR count). The van der Waals surface area contributed by atoms with Gasteiger partial charge in [0.2, 0.25) is 0 Å². The van der Waals surface area contributed by atoms with E-state index in [4.69, 9.17) is 4.52 Å². The summed E-state index contributed by atoms with van der Waals surface area (Å²) < 4.78 is 9.73. The molecule has 0 spiro atoms. The highest BCUT2D eigenvalue weighted by molar-refractivity contribution is 7.09. The molecule has 0 radical (unpaired) electrons. The van der Waals surface area contributed by atoms with E-state index in [9.17, 15) is 4.79 Å². The number of carbonyl (C=O) groups excluding carboxylic acids is 1. The molecular weight excluding hydrogens is 275 g/mol. The summed E-state index contributed by atoms with van der Waals surface area (Å²) in [4.78, 5) is 15.0. The van der Waals surface area contributed by atoms with Gasteiger partial charge in [-0.15, -0.1) is 0 Å². The van der Waals surface area contributed by atoms with Gasteiger partial charge in [0.25, 0.3) is 0 Å². The first-order chi connectivity index (χ1) is 9.72. The van der Waals surface area contributed by atoms with E-state index in [1.165, 1.54) is 45.9 Å². The van der Waals surface area contributed by atoms with E-state index in [0.717, 1.165) is 32.5 Å². The van der Waals surface area contributed by atoms with Crippen LogP contribution in [-0.2, 0) is 9.26 Å². The van der Waals surface area contributed by atoms with Gasteiger partial charge in [-0.05, 0) is 51.6 Å². The predicted molar refractivity (Wildman–Crippen MR) is 81.6 cm³/mol. The molecule has 3 fully saturated rings. The number of ether oxygens (including phenoxy) is 1. The summed E-state index contributed by atoms with van der Waals surface area (Å²) >= 11 is 0. The van der Waals surface area contributed by atoms with Gasteiger partial charge < -0.3 is 14.2 Å². The zero-order valence-corrected chi connectivity index (χ0v) is 13.6. The van der Waals surface area contributed by atoms with E-state index < -0.39 is 0 Å². The average molecular weight is 302 g/mol. The van der Waals surface area contributed by atoms with Crippen molar-refractivity contribution in [3.63, 3.8) is 0 Å². The lowest BCUT2D eigenvalue weighted by Gasteiger charge is -2.30. The second-order valence-electron chi connectivity index (χ2n) is 5.89. The van der Waals surface area contributed by atoms with Crippen molar-refractivity contribution in [2.24, 2.45) is 0 Å². The number of likely N-dealkylation sites (tertiary alicyclic amines) is 1. The van der Waals surface area contributed by atoms with E-state index in [1.807, 2.05) is 0 Å². The fourth-order valence-corrected chi connectivity index (χ4v) is 3.96. The van der Waals surface area contributed by atoms with Crippen LogP contribution in [0.3, 0.4) is 0 Å². The lowest BCUT2D eigenvalue weighted by atomic mass is 9.95. The Hall–Kier alpha value is -0.380. The van der Waals surface area contributed by atoms with Crippen molar-refractivity contribution in [2.45, 2.75) is 44.1 Å². The summed E-state index contributed by atoms with van der Waals surface area (Å²) in [5.41, 5.74) is 0.446. The highest BCUT2D eigenvalue weighted by Gasteiger charge is 2.43. The zero-order valence-electron chi connectivity index (χ0n) is 12.5. The first-order valence-corrected chi connectivity index (χ1v) is 8.09. The summed E-state index contributed by atoms with van der Waals surface area (Å²) in [7, 11) is 3.79. The van der Waals surface area contributed by atoms with E-state index in [2.05, 4.69) is 19.1 Å². The van der Waals surface area contributed by atoms with Crippen LogP contribution in [-0.4, -0.2) is 61.3 Å². The molecule has 3 aliphatic heterocycles. The van der Waals surface area contributed by atoms with Gasteiger partial charge in [0, 0.05) is 28.1 Å². The molecule has 0 aliphatic carbocycles. The van der Waals surface area contributed by atoms with Crippen LogP contribution in [0.15, 0.2) is 0 Å². The molecule has 0 N–H and O–H groups in total. The topological polar surface area (TPSA) is 42.0 Å². The highest BCUT2D eigenvalue weighted by atomic mass is 31.0. The Bertz CT molecular complexity index is 312. The summed E-state index contributed by atoms with van der Waals surface area (Å²) in [5.74, 6) is 0. The molecule has 1 unspecified atom stereocenters. The first-order valence-electron chi connectivity index (χ1n) is 7.61. The third kappa shape index (κ3) is 3.63. The molecular formula is C14H27N2O3P. The summed E-state index contributed by atoms with van der Waals surface area (Å²) in [5, 5.41) is 0. The average Bonchev–Trinajstić information content (AvgIpc) is 3.14. The van der Waals surface area contributed by atoms with Crippen LogP contribution in [0, 0.1) is 0 Å². The van der Waals surface area contributed by atoms with Crippen LogP contribution >= 0.6 is 9.47 Å². The monoisotopic (exact) mass is 302 g/mol. The second kappa shape index (κ2) is 7.58. The molecule has 116 valence electrons. The predicted octanol–water partition coefficient (Wildman–Crippen LogP) is 2.27. The molecule has 1 atom stereocenters. The molecule has 3 saturated heterocycles. The van der Waals surface area contributed by atoms with Crippen LogP contribution in [0.5, 0.6) is 0 Å². The van der Waals surface area contributed by atoms with Crippen molar-refractivity contribution < 1.29 is 14.1 Å². The van der Waals surface area contributed by atoms with Gasteiger partial charge in [-0.2, -0.15) is 0 Å². The third-order valence-corrected chi connectivity index (χ3v) is 4.87.